The molecule has 9 nitrogen and oxygen atoms in total. The van der Waals surface area contributed by atoms with Gasteiger partial charge < -0.3 is 37.9 Å². The zero-order valence-corrected chi connectivity index (χ0v) is 52.8. The van der Waals surface area contributed by atoms with E-state index in [1.54, 1.807) is 0 Å². The molecule has 4 aromatic carbocycles. The number of unbranched alkanes of at least 4 members (excludes halogenated alkanes) is 30. The number of carbonyl (C=O) groups excluding carboxylic acids is 1. The van der Waals surface area contributed by atoms with Crippen molar-refractivity contribution in [2.24, 2.45) is 0 Å². The number of carbonyl (C=O) groups is 1. The fourth-order valence-corrected chi connectivity index (χ4v) is 10.1. The maximum absolute atomic E-state index is 14.0. The monoisotopic (exact) mass is 1130 g/mol. The van der Waals surface area contributed by atoms with Crippen molar-refractivity contribution in [3.63, 3.8) is 0 Å². The molecule has 0 spiro atoms. The number of ketones is 1. The molecular weight excluding hydrogens is 1020 g/mol. The number of ether oxygens (including phenoxy) is 8. The molecule has 0 aliphatic heterocycles. The van der Waals surface area contributed by atoms with Gasteiger partial charge in [0.25, 0.3) is 0 Å². The molecular formula is C73H114O9. The van der Waals surface area contributed by atoms with Crippen LogP contribution in [0.3, 0.4) is 0 Å². The van der Waals surface area contributed by atoms with E-state index >= 15 is 0 Å². The van der Waals surface area contributed by atoms with Gasteiger partial charge in [-0.05, 0) is 87.1 Å². The zero-order chi connectivity index (χ0) is 58.3. The highest BCUT2D eigenvalue weighted by Crippen LogP contribution is 2.45. The summed E-state index contributed by atoms with van der Waals surface area (Å²) < 4.78 is 52.3. The minimum absolute atomic E-state index is 0.0941. The summed E-state index contributed by atoms with van der Waals surface area (Å²) in [6.45, 7) is 17.1. The van der Waals surface area contributed by atoms with Crippen molar-refractivity contribution in [2.45, 2.75) is 273 Å². The molecule has 0 saturated carbocycles. The third-order valence-electron chi connectivity index (χ3n) is 15.2. The Bertz CT molecular complexity index is 1960. The fourth-order valence-electron chi connectivity index (χ4n) is 10.1. The zero-order valence-electron chi connectivity index (χ0n) is 52.8. The highest BCUT2D eigenvalue weighted by atomic mass is 16.6. The summed E-state index contributed by atoms with van der Waals surface area (Å²) in [5, 5.41) is 0. The van der Waals surface area contributed by atoms with Gasteiger partial charge in [-0.2, -0.15) is 0 Å². The van der Waals surface area contributed by atoms with E-state index in [0.29, 0.717) is 108 Å². The molecule has 0 aliphatic carbocycles. The SMILES string of the molecule is CCCCCCCCOc1cc(Oc2ccc(C(=O)c3ccc(Oc4cc(OCCCCCCCC)c(OCCCCCCCC)c(OCCCCCCCC)c4)cc3)cc2)cc(OCCCCCCCC)c1OCCCCCCCC. The quantitative estimate of drug-likeness (QED) is 0.0317. The molecule has 0 aliphatic rings. The van der Waals surface area contributed by atoms with Crippen LogP contribution in [0.2, 0.25) is 0 Å². The lowest BCUT2D eigenvalue weighted by atomic mass is 10.0. The molecule has 9 heteroatoms. The third-order valence-corrected chi connectivity index (χ3v) is 15.2. The Kier molecular flexibility index (Phi) is 39.2. The van der Waals surface area contributed by atoms with Crippen molar-refractivity contribution in [2.75, 3.05) is 39.6 Å². The first-order chi connectivity index (χ1) is 40.4. The average molecular weight is 1140 g/mol. The van der Waals surface area contributed by atoms with Crippen LogP contribution in [0.25, 0.3) is 0 Å². The Labute approximate surface area is 500 Å². The van der Waals surface area contributed by atoms with E-state index in [4.69, 9.17) is 37.9 Å². The van der Waals surface area contributed by atoms with Crippen LogP contribution in [-0.4, -0.2) is 45.4 Å². The van der Waals surface area contributed by atoms with Crippen LogP contribution in [-0.2, 0) is 0 Å². The molecule has 0 saturated heterocycles. The molecule has 0 fully saturated rings. The second-order valence-corrected chi connectivity index (χ2v) is 22.8. The first-order valence-electron chi connectivity index (χ1n) is 33.7. The van der Waals surface area contributed by atoms with Crippen molar-refractivity contribution in [1.82, 2.24) is 0 Å². The standard InChI is InChI=1S/C73H114O9/c1-7-13-19-25-31-37-51-75-67-57-65(58-68(76-52-38-32-26-20-14-8-2)72(67)79-55-41-35-29-23-17-11-5)81-63-47-43-61(44-48-63)71(74)62-45-49-64(50-46-62)82-66-59-69(77-53-39-33-27-21-15-9-3)73(80-56-42-36-30-24-18-12-6)70(60-66)78-54-40-34-28-22-16-10-4/h43-50,57-60H,7-42,51-56H2,1-6H3. The molecule has 0 N–H and O–H groups in total. The molecule has 82 heavy (non-hydrogen) atoms. The highest BCUT2D eigenvalue weighted by molar-refractivity contribution is 6.09. The summed E-state index contributed by atoms with van der Waals surface area (Å²) in [5.74, 6) is 6.22. The van der Waals surface area contributed by atoms with Gasteiger partial charge in [-0.15, -0.1) is 0 Å². The van der Waals surface area contributed by atoms with E-state index in [0.717, 1.165) is 77.0 Å². The lowest BCUT2D eigenvalue weighted by Gasteiger charge is -2.19. The van der Waals surface area contributed by atoms with Crippen LogP contribution in [0.15, 0.2) is 72.8 Å². The number of benzene rings is 4. The van der Waals surface area contributed by atoms with E-state index in [-0.39, 0.29) is 5.78 Å². The van der Waals surface area contributed by atoms with Gasteiger partial charge in [0, 0.05) is 35.4 Å². The van der Waals surface area contributed by atoms with Crippen molar-refractivity contribution >= 4 is 5.78 Å². The van der Waals surface area contributed by atoms with E-state index in [1.807, 2.05) is 72.8 Å². The third kappa shape index (κ3) is 30.0. The van der Waals surface area contributed by atoms with Gasteiger partial charge >= 0.3 is 0 Å². The lowest BCUT2D eigenvalue weighted by molar-refractivity contribution is 0.103. The van der Waals surface area contributed by atoms with Gasteiger partial charge in [0.05, 0.1) is 39.6 Å². The molecule has 0 heterocycles. The molecule has 0 unspecified atom stereocenters. The van der Waals surface area contributed by atoms with Gasteiger partial charge in [-0.3, -0.25) is 4.79 Å². The van der Waals surface area contributed by atoms with E-state index in [2.05, 4.69) is 41.5 Å². The summed E-state index contributed by atoms with van der Waals surface area (Å²) in [4.78, 5) is 14.0. The van der Waals surface area contributed by atoms with E-state index in [9.17, 15) is 4.79 Å². The highest BCUT2D eigenvalue weighted by Gasteiger charge is 2.20. The Hall–Kier alpha value is -5.05. The summed E-state index contributed by atoms with van der Waals surface area (Å²) in [6.07, 6.45) is 42.5. The fraction of sp³-hybridized carbons (Fsp3) is 0.658. The first kappa shape index (κ1) is 69.4. The van der Waals surface area contributed by atoms with Gasteiger partial charge in [-0.25, -0.2) is 0 Å². The molecule has 460 valence electrons. The number of hydrogen-bond acceptors (Lipinski definition) is 9. The van der Waals surface area contributed by atoms with Crippen LogP contribution in [0, 0.1) is 0 Å². The largest absolute Gasteiger partial charge is 0.489 e. The molecule has 4 rings (SSSR count). The summed E-state index contributed by atoms with van der Waals surface area (Å²) in [6, 6.07) is 22.4. The molecule has 0 amide bonds. The van der Waals surface area contributed by atoms with Gasteiger partial charge in [0.2, 0.25) is 11.5 Å². The summed E-state index contributed by atoms with van der Waals surface area (Å²) in [7, 11) is 0. The average Bonchev–Trinajstić information content (AvgIpc) is 3.69. The number of hydrogen-bond donors (Lipinski definition) is 0. The normalized spacial score (nSPS) is 11.2. The summed E-state index contributed by atoms with van der Waals surface area (Å²) in [5.41, 5.74) is 1.11. The molecule has 0 radical (unpaired) electrons. The van der Waals surface area contributed by atoms with E-state index in [1.165, 1.54) is 154 Å². The van der Waals surface area contributed by atoms with Crippen LogP contribution < -0.4 is 37.9 Å². The topological polar surface area (TPSA) is 90.9 Å². The van der Waals surface area contributed by atoms with Crippen LogP contribution in [0.5, 0.6) is 57.5 Å². The minimum atomic E-state index is -0.0941. The van der Waals surface area contributed by atoms with Gasteiger partial charge in [0.1, 0.15) is 23.0 Å². The van der Waals surface area contributed by atoms with Crippen molar-refractivity contribution < 1.29 is 42.7 Å². The number of rotatable bonds is 54. The maximum atomic E-state index is 14.0. The van der Waals surface area contributed by atoms with Crippen LogP contribution in [0.1, 0.15) is 289 Å². The minimum Gasteiger partial charge on any atom is -0.489 e. The molecule has 0 atom stereocenters. The lowest BCUT2D eigenvalue weighted by Crippen LogP contribution is -2.07. The predicted octanol–water partition coefficient (Wildman–Crippen LogP) is 22.9. The van der Waals surface area contributed by atoms with E-state index < -0.39 is 0 Å². The molecule has 0 aromatic heterocycles. The van der Waals surface area contributed by atoms with Crippen molar-refractivity contribution in [1.29, 1.82) is 0 Å². The Morgan fingerprint density at radius 1 is 0.256 bits per heavy atom. The Morgan fingerprint density at radius 3 is 0.695 bits per heavy atom. The molecule has 0 bridgehead atoms. The second kappa shape index (κ2) is 46.3. The van der Waals surface area contributed by atoms with Crippen LogP contribution >= 0.6 is 0 Å². The van der Waals surface area contributed by atoms with Gasteiger partial charge in [-0.1, -0.05) is 234 Å². The van der Waals surface area contributed by atoms with Crippen LogP contribution in [0.4, 0.5) is 0 Å². The van der Waals surface area contributed by atoms with Crippen molar-refractivity contribution in [3.8, 4) is 57.5 Å². The maximum Gasteiger partial charge on any atom is 0.203 e. The Balaban J connectivity index is 1.52. The smallest absolute Gasteiger partial charge is 0.203 e. The van der Waals surface area contributed by atoms with Gasteiger partial charge in [0.15, 0.2) is 28.8 Å². The molecule has 4 aromatic rings. The Morgan fingerprint density at radius 2 is 0.463 bits per heavy atom. The first-order valence-corrected chi connectivity index (χ1v) is 33.7. The van der Waals surface area contributed by atoms with Crippen molar-refractivity contribution in [3.05, 3.63) is 83.9 Å². The summed E-state index contributed by atoms with van der Waals surface area (Å²) >= 11 is 0. The second-order valence-electron chi connectivity index (χ2n) is 22.8. The predicted molar refractivity (Wildman–Crippen MR) is 343 cm³/mol.